The maximum Gasteiger partial charge on any atom is 0.344 e. The first-order chi connectivity index (χ1) is 16.4. The van der Waals surface area contributed by atoms with Crippen LogP contribution in [0.25, 0.3) is 0 Å². The molecule has 1 amide bonds. The molecule has 34 heavy (non-hydrogen) atoms. The Balaban J connectivity index is 1.20. The Morgan fingerprint density at radius 3 is 2.82 bits per heavy atom. The van der Waals surface area contributed by atoms with E-state index in [1.807, 2.05) is 12.1 Å². The largest absolute Gasteiger partial charge is 0.492 e. The number of anilines is 2. The number of nitrogens with one attached hydrogen (secondary N) is 2. The highest BCUT2D eigenvalue weighted by molar-refractivity contribution is 7.91. The van der Waals surface area contributed by atoms with Gasteiger partial charge in [-0.3, -0.25) is 9.52 Å². The number of amides is 1. The average molecular weight is 485 g/mol. The molecule has 1 atom stereocenters. The lowest BCUT2D eigenvalue weighted by Gasteiger charge is -2.33. The number of carbonyl (C=O) groups excluding carboxylic acids is 1. The van der Waals surface area contributed by atoms with Crippen LogP contribution in [0.15, 0.2) is 40.9 Å². The first-order valence-electron chi connectivity index (χ1n) is 11.5. The predicted octanol–water partition coefficient (Wildman–Crippen LogP) is 1.89. The Labute approximate surface area is 198 Å². The van der Waals surface area contributed by atoms with Crippen molar-refractivity contribution in [1.29, 1.82) is 0 Å². The van der Waals surface area contributed by atoms with Crippen molar-refractivity contribution >= 4 is 33.5 Å². The number of ether oxygens (including phenoxy) is 1. The molecule has 0 bridgehead atoms. The van der Waals surface area contributed by atoms with Crippen molar-refractivity contribution in [3.8, 4) is 5.75 Å². The summed E-state index contributed by atoms with van der Waals surface area (Å²) in [5, 5.41) is 2.96. The van der Waals surface area contributed by atoms with E-state index in [1.54, 1.807) is 24.4 Å². The molecule has 5 rings (SSSR count). The van der Waals surface area contributed by atoms with E-state index in [0.717, 1.165) is 38.3 Å². The monoisotopic (exact) mass is 484 g/mol. The van der Waals surface area contributed by atoms with Gasteiger partial charge in [0.05, 0.1) is 23.4 Å². The number of nitrogens with two attached hydrogens (primary N) is 1. The molecule has 0 spiro atoms. The van der Waals surface area contributed by atoms with E-state index < -0.39 is 10.2 Å². The topological polar surface area (TPSA) is 139 Å². The smallest absolute Gasteiger partial charge is 0.344 e. The predicted molar refractivity (Wildman–Crippen MR) is 129 cm³/mol. The molecule has 1 aliphatic carbocycles. The molecule has 1 saturated heterocycles. The molecule has 3 aliphatic rings. The van der Waals surface area contributed by atoms with Crippen LogP contribution in [0.2, 0.25) is 0 Å². The molecule has 0 unspecified atom stereocenters. The van der Waals surface area contributed by atoms with E-state index >= 15 is 0 Å². The molecule has 2 aromatic rings. The Morgan fingerprint density at radius 2 is 2.06 bits per heavy atom. The van der Waals surface area contributed by atoms with Gasteiger partial charge in [0.1, 0.15) is 11.6 Å². The minimum atomic E-state index is -3.83. The number of hydrogen-bond donors (Lipinski definition) is 3. The number of benzene rings is 1. The molecular formula is C23H28N6O4S. The van der Waals surface area contributed by atoms with Gasteiger partial charge in [-0.1, -0.05) is 6.07 Å². The molecular weight excluding hydrogens is 456 g/mol. The highest BCUT2D eigenvalue weighted by atomic mass is 32.2. The quantitative estimate of drug-likeness (QED) is 0.545. The van der Waals surface area contributed by atoms with Crippen LogP contribution < -0.4 is 25.4 Å². The second-order valence-corrected chi connectivity index (χ2v) is 10.4. The molecule has 1 saturated carbocycles. The lowest BCUT2D eigenvalue weighted by atomic mass is 9.99. The number of amidine groups is 1. The number of rotatable bonds is 7. The van der Waals surface area contributed by atoms with Crippen molar-refractivity contribution in [2.24, 2.45) is 22.0 Å². The van der Waals surface area contributed by atoms with Crippen molar-refractivity contribution in [1.82, 2.24) is 10.3 Å². The van der Waals surface area contributed by atoms with E-state index in [-0.39, 0.29) is 17.7 Å². The molecule has 2 fully saturated rings. The van der Waals surface area contributed by atoms with Crippen molar-refractivity contribution < 1.29 is 17.9 Å². The second kappa shape index (κ2) is 9.13. The summed E-state index contributed by atoms with van der Waals surface area (Å²) in [7, 11) is -3.83. The lowest BCUT2D eigenvalue weighted by Crippen LogP contribution is -2.38. The summed E-state index contributed by atoms with van der Waals surface area (Å²) in [6.07, 6.45) is 6.03. The van der Waals surface area contributed by atoms with Crippen LogP contribution in [0, 0.1) is 11.8 Å². The summed E-state index contributed by atoms with van der Waals surface area (Å²) in [6.45, 7) is 2.85. The molecule has 4 N–H and O–H groups in total. The molecule has 11 heteroatoms. The maximum atomic E-state index is 12.3. The Morgan fingerprint density at radius 1 is 1.21 bits per heavy atom. The normalized spacial score (nSPS) is 21.1. The first kappa shape index (κ1) is 22.5. The van der Waals surface area contributed by atoms with E-state index in [4.69, 9.17) is 10.5 Å². The summed E-state index contributed by atoms with van der Waals surface area (Å²) in [5.74, 6) is 2.07. The van der Waals surface area contributed by atoms with Crippen LogP contribution in [0.4, 0.5) is 11.5 Å². The molecule has 3 heterocycles. The van der Waals surface area contributed by atoms with Gasteiger partial charge in [0.25, 0.3) is 5.91 Å². The van der Waals surface area contributed by atoms with E-state index in [9.17, 15) is 13.2 Å². The number of piperidine rings is 1. The number of nitrogens with zero attached hydrogens (tertiary/aromatic N) is 3. The van der Waals surface area contributed by atoms with Crippen LogP contribution in [0.5, 0.6) is 5.75 Å². The third-order valence-corrected chi connectivity index (χ3v) is 7.23. The summed E-state index contributed by atoms with van der Waals surface area (Å²) >= 11 is 0. The van der Waals surface area contributed by atoms with Crippen molar-refractivity contribution in [3.05, 3.63) is 47.7 Å². The van der Waals surface area contributed by atoms with Gasteiger partial charge in [0, 0.05) is 31.7 Å². The van der Waals surface area contributed by atoms with Gasteiger partial charge in [-0.25, -0.2) is 4.98 Å². The highest BCUT2D eigenvalue weighted by Crippen LogP contribution is 2.31. The number of hydrogen-bond acceptors (Lipinski definition) is 7. The average Bonchev–Trinajstić information content (AvgIpc) is 3.65. The van der Waals surface area contributed by atoms with Gasteiger partial charge in [-0.15, -0.1) is 4.40 Å². The van der Waals surface area contributed by atoms with Crippen LogP contribution >= 0.6 is 0 Å². The van der Waals surface area contributed by atoms with Gasteiger partial charge < -0.3 is 20.7 Å². The first-order valence-corrected chi connectivity index (χ1v) is 13.0. The van der Waals surface area contributed by atoms with E-state index in [0.29, 0.717) is 35.1 Å². The fourth-order valence-corrected chi connectivity index (χ4v) is 5.17. The standard InChI is InChI=1S/C23H28N6O4S/c24-22-21-18(27-34(31,32)28-22)4-1-5-19(21)33-14-16-3-2-10-29(13-16)20-9-8-17(12-25-20)23(30)26-11-15-6-7-15/h1,4-5,8-9,12,15-16,27H,2-3,6-7,10-11,13-14H2,(H2,24,28)(H,26,30)/t16-/m0/s1. The molecule has 2 aliphatic heterocycles. The fourth-order valence-electron chi connectivity index (χ4n) is 4.32. The molecule has 1 aromatic carbocycles. The SMILES string of the molecule is NC1=NS(=O)(=O)Nc2cccc(OC[C@H]3CCCN(c4ccc(C(=O)NCC5CC5)cn4)C3)c21. The van der Waals surface area contributed by atoms with Crippen LogP contribution in [-0.4, -0.2) is 51.4 Å². The number of pyridine rings is 1. The third-order valence-electron chi connectivity index (χ3n) is 6.32. The summed E-state index contributed by atoms with van der Waals surface area (Å²) in [5.41, 5.74) is 7.30. The number of aromatic nitrogens is 1. The molecule has 1 aromatic heterocycles. The van der Waals surface area contributed by atoms with Crippen molar-refractivity contribution in [2.75, 3.05) is 35.9 Å². The van der Waals surface area contributed by atoms with E-state index in [1.165, 1.54) is 12.8 Å². The maximum absolute atomic E-state index is 12.3. The summed E-state index contributed by atoms with van der Waals surface area (Å²) in [6, 6.07) is 8.83. The minimum absolute atomic E-state index is 0.0767. The third kappa shape index (κ3) is 5.09. The van der Waals surface area contributed by atoms with Crippen LogP contribution in [0.3, 0.4) is 0 Å². The van der Waals surface area contributed by atoms with Gasteiger partial charge in [0.2, 0.25) is 0 Å². The zero-order valence-corrected chi connectivity index (χ0v) is 19.6. The second-order valence-electron chi connectivity index (χ2n) is 9.06. The Kier molecular flexibility index (Phi) is 6.03. The van der Waals surface area contributed by atoms with Crippen molar-refractivity contribution in [2.45, 2.75) is 25.7 Å². The number of fused-ring (bicyclic) bond motifs is 1. The molecule has 180 valence electrons. The van der Waals surface area contributed by atoms with Gasteiger partial charge in [-0.2, -0.15) is 8.42 Å². The Hall–Kier alpha value is -3.34. The van der Waals surface area contributed by atoms with Gasteiger partial charge >= 0.3 is 10.2 Å². The minimum Gasteiger partial charge on any atom is -0.492 e. The summed E-state index contributed by atoms with van der Waals surface area (Å²) in [4.78, 5) is 19.0. The fraction of sp³-hybridized carbons (Fsp3) is 0.435. The zero-order valence-electron chi connectivity index (χ0n) is 18.7. The lowest BCUT2D eigenvalue weighted by molar-refractivity contribution is 0.0951. The van der Waals surface area contributed by atoms with Crippen LogP contribution in [-0.2, 0) is 10.2 Å². The zero-order chi connectivity index (χ0) is 23.7. The van der Waals surface area contributed by atoms with Crippen LogP contribution in [0.1, 0.15) is 41.6 Å². The van der Waals surface area contributed by atoms with E-state index in [2.05, 4.69) is 24.3 Å². The molecule has 0 radical (unpaired) electrons. The Bertz CT molecular complexity index is 1210. The van der Waals surface area contributed by atoms with Gasteiger partial charge in [-0.05, 0) is 55.9 Å². The summed E-state index contributed by atoms with van der Waals surface area (Å²) < 4.78 is 35.5. The van der Waals surface area contributed by atoms with Crippen molar-refractivity contribution in [3.63, 3.8) is 0 Å². The molecule has 10 nitrogen and oxygen atoms in total. The van der Waals surface area contributed by atoms with Gasteiger partial charge in [0.15, 0.2) is 5.84 Å². The number of carbonyl (C=O) groups is 1. The highest BCUT2D eigenvalue weighted by Gasteiger charge is 2.26.